The van der Waals surface area contributed by atoms with Crippen LogP contribution in [0.2, 0.25) is 0 Å². The predicted octanol–water partition coefficient (Wildman–Crippen LogP) is -0.515. The van der Waals surface area contributed by atoms with Crippen LogP contribution in [0.15, 0.2) is 24.5 Å². The van der Waals surface area contributed by atoms with Crippen LogP contribution in [0.5, 0.6) is 0 Å². The standard InChI is InChI=1S/C12H16N4O2S/c1-16(7-4-9-2-5-14-6-3-9)12(18)11(17)15-8-10(13)19/h2-3,5-6H,4,7-8H2,1H3,(H2,13,19)(H,15,17). The Bertz CT molecular complexity index is 464. The van der Waals surface area contributed by atoms with Gasteiger partial charge in [0.25, 0.3) is 0 Å². The molecule has 1 aromatic heterocycles. The van der Waals surface area contributed by atoms with Gasteiger partial charge in [0.2, 0.25) is 0 Å². The van der Waals surface area contributed by atoms with Gasteiger partial charge in [0, 0.05) is 26.0 Å². The lowest BCUT2D eigenvalue weighted by Crippen LogP contribution is -2.44. The van der Waals surface area contributed by atoms with Gasteiger partial charge in [-0.3, -0.25) is 14.6 Å². The van der Waals surface area contributed by atoms with Crippen LogP contribution >= 0.6 is 12.2 Å². The predicted molar refractivity (Wildman–Crippen MR) is 75.4 cm³/mol. The molecule has 0 aliphatic carbocycles. The summed E-state index contributed by atoms with van der Waals surface area (Å²) in [7, 11) is 1.57. The molecule has 1 heterocycles. The highest BCUT2D eigenvalue weighted by Gasteiger charge is 2.17. The highest BCUT2D eigenvalue weighted by atomic mass is 32.1. The molecule has 0 unspecified atom stereocenters. The maximum atomic E-state index is 11.7. The van der Waals surface area contributed by atoms with Crippen LogP contribution < -0.4 is 11.1 Å². The molecular weight excluding hydrogens is 264 g/mol. The van der Waals surface area contributed by atoms with Crippen LogP contribution in [0.25, 0.3) is 0 Å². The first kappa shape index (κ1) is 15.0. The molecule has 7 heteroatoms. The minimum Gasteiger partial charge on any atom is -0.392 e. The number of amides is 2. The number of nitrogens with one attached hydrogen (secondary N) is 1. The minimum absolute atomic E-state index is 0.0259. The Hall–Kier alpha value is -2.02. The molecule has 19 heavy (non-hydrogen) atoms. The minimum atomic E-state index is -0.704. The fourth-order valence-electron chi connectivity index (χ4n) is 1.36. The number of nitrogens with zero attached hydrogens (tertiary/aromatic N) is 2. The Morgan fingerprint density at radius 3 is 2.63 bits per heavy atom. The number of hydrogen-bond donors (Lipinski definition) is 2. The molecule has 0 aliphatic rings. The van der Waals surface area contributed by atoms with E-state index in [1.54, 1.807) is 19.4 Å². The normalized spacial score (nSPS) is 9.74. The Labute approximate surface area is 117 Å². The number of carbonyl (C=O) groups is 2. The van der Waals surface area contributed by atoms with Crippen molar-refractivity contribution in [2.75, 3.05) is 20.1 Å². The third kappa shape index (κ3) is 5.43. The number of aromatic nitrogens is 1. The quantitative estimate of drug-likeness (QED) is 0.560. The van der Waals surface area contributed by atoms with Gasteiger partial charge in [-0.05, 0) is 24.1 Å². The lowest BCUT2D eigenvalue weighted by atomic mass is 10.2. The van der Waals surface area contributed by atoms with Crippen molar-refractivity contribution in [3.05, 3.63) is 30.1 Å². The largest absolute Gasteiger partial charge is 0.392 e. The third-order valence-electron chi connectivity index (χ3n) is 2.45. The van der Waals surface area contributed by atoms with Gasteiger partial charge in [0.05, 0.1) is 11.5 Å². The van der Waals surface area contributed by atoms with E-state index in [2.05, 4.69) is 22.5 Å². The van der Waals surface area contributed by atoms with Crippen LogP contribution in [0.1, 0.15) is 5.56 Å². The summed E-state index contributed by atoms with van der Waals surface area (Å²) >= 11 is 4.61. The lowest BCUT2D eigenvalue weighted by Gasteiger charge is -2.16. The SMILES string of the molecule is CN(CCc1ccncc1)C(=O)C(=O)NCC(N)=S. The van der Waals surface area contributed by atoms with Crippen molar-refractivity contribution in [1.82, 2.24) is 15.2 Å². The Kier molecular flexibility index (Phi) is 5.87. The second kappa shape index (κ2) is 7.42. The van der Waals surface area contributed by atoms with Crippen molar-refractivity contribution in [3.63, 3.8) is 0 Å². The van der Waals surface area contributed by atoms with E-state index < -0.39 is 11.8 Å². The number of carbonyl (C=O) groups excluding carboxylic acids is 2. The molecule has 0 saturated heterocycles. The molecule has 0 fully saturated rings. The van der Waals surface area contributed by atoms with Crippen LogP contribution in [0.3, 0.4) is 0 Å². The van der Waals surface area contributed by atoms with Crippen molar-refractivity contribution in [2.45, 2.75) is 6.42 Å². The number of pyridine rings is 1. The van der Waals surface area contributed by atoms with E-state index in [4.69, 9.17) is 5.73 Å². The van der Waals surface area contributed by atoms with Gasteiger partial charge in [0.1, 0.15) is 0 Å². The van der Waals surface area contributed by atoms with E-state index in [1.165, 1.54) is 4.90 Å². The van der Waals surface area contributed by atoms with Gasteiger partial charge in [-0.15, -0.1) is 0 Å². The highest BCUT2D eigenvalue weighted by Crippen LogP contribution is 1.99. The third-order valence-corrected chi connectivity index (χ3v) is 2.59. The molecule has 1 rings (SSSR count). The molecular formula is C12H16N4O2S. The average Bonchev–Trinajstić information content (AvgIpc) is 2.42. The molecule has 6 nitrogen and oxygen atoms in total. The summed E-state index contributed by atoms with van der Waals surface area (Å²) in [5.74, 6) is -1.31. The number of rotatable bonds is 5. The molecule has 2 amide bonds. The fourth-order valence-corrected chi connectivity index (χ4v) is 1.44. The fraction of sp³-hybridized carbons (Fsp3) is 0.333. The van der Waals surface area contributed by atoms with Crippen molar-refractivity contribution in [3.8, 4) is 0 Å². The van der Waals surface area contributed by atoms with Gasteiger partial charge >= 0.3 is 11.8 Å². The summed E-state index contributed by atoms with van der Waals surface area (Å²) < 4.78 is 0. The highest BCUT2D eigenvalue weighted by molar-refractivity contribution is 7.80. The molecule has 3 N–H and O–H groups in total. The first-order valence-corrected chi connectivity index (χ1v) is 6.12. The van der Waals surface area contributed by atoms with E-state index >= 15 is 0 Å². The van der Waals surface area contributed by atoms with E-state index in [9.17, 15) is 9.59 Å². The van der Waals surface area contributed by atoms with Crippen molar-refractivity contribution < 1.29 is 9.59 Å². The van der Waals surface area contributed by atoms with Gasteiger partial charge in [-0.25, -0.2) is 0 Å². The monoisotopic (exact) mass is 280 g/mol. The molecule has 0 atom stereocenters. The zero-order chi connectivity index (χ0) is 14.3. The molecule has 0 bridgehead atoms. The molecule has 0 radical (unpaired) electrons. The summed E-state index contributed by atoms with van der Waals surface area (Å²) in [5.41, 5.74) is 6.29. The van der Waals surface area contributed by atoms with Gasteiger partial charge in [-0.2, -0.15) is 0 Å². The molecule has 102 valence electrons. The van der Waals surface area contributed by atoms with Gasteiger partial charge in [0.15, 0.2) is 0 Å². The molecule has 0 spiro atoms. The summed E-state index contributed by atoms with van der Waals surface area (Å²) in [4.78, 5) is 28.6. The number of likely N-dealkylation sites (N-methyl/N-ethyl adjacent to an activating group) is 1. The summed E-state index contributed by atoms with van der Waals surface area (Å²) in [6.45, 7) is 0.474. The summed E-state index contributed by atoms with van der Waals surface area (Å²) in [5, 5.41) is 2.35. The topological polar surface area (TPSA) is 88.3 Å². The summed E-state index contributed by atoms with van der Waals surface area (Å²) in [6.07, 6.45) is 4.03. The van der Waals surface area contributed by atoms with Crippen molar-refractivity contribution in [2.24, 2.45) is 5.73 Å². The Morgan fingerprint density at radius 1 is 1.42 bits per heavy atom. The number of thiocarbonyl (C=S) groups is 1. The first-order chi connectivity index (χ1) is 9.00. The van der Waals surface area contributed by atoms with Gasteiger partial charge in [-0.1, -0.05) is 12.2 Å². The Morgan fingerprint density at radius 2 is 2.05 bits per heavy atom. The Balaban J connectivity index is 2.40. The molecule has 0 aliphatic heterocycles. The van der Waals surface area contributed by atoms with E-state index in [1.807, 2.05) is 12.1 Å². The first-order valence-electron chi connectivity index (χ1n) is 5.71. The van der Waals surface area contributed by atoms with Crippen molar-refractivity contribution in [1.29, 1.82) is 0 Å². The van der Waals surface area contributed by atoms with Crippen LogP contribution in [-0.4, -0.2) is 46.8 Å². The molecule has 0 saturated carbocycles. The van der Waals surface area contributed by atoms with Crippen LogP contribution in [0, 0.1) is 0 Å². The average molecular weight is 280 g/mol. The van der Waals surface area contributed by atoms with Gasteiger partial charge < -0.3 is 16.0 Å². The second-order valence-electron chi connectivity index (χ2n) is 3.98. The number of nitrogens with two attached hydrogens (primary N) is 1. The van der Waals surface area contributed by atoms with E-state index in [0.717, 1.165) is 5.56 Å². The number of hydrogen-bond acceptors (Lipinski definition) is 4. The smallest absolute Gasteiger partial charge is 0.311 e. The molecule has 1 aromatic rings. The molecule has 0 aromatic carbocycles. The van der Waals surface area contributed by atoms with E-state index in [0.29, 0.717) is 13.0 Å². The maximum absolute atomic E-state index is 11.7. The van der Waals surface area contributed by atoms with Crippen molar-refractivity contribution >= 4 is 29.0 Å². The van der Waals surface area contributed by atoms with Crippen LogP contribution in [-0.2, 0) is 16.0 Å². The van der Waals surface area contributed by atoms with Crippen LogP contribution in [0.4, 0.5) is 0 Å². The zero-order valence-electron chi connectivity index (χ0n) is 10.6. The maximum Gasteiger partial charge on any atom is 0.311 e. The summed E-state index contributed by atoms with van der Waals surface area (Å²) in [6, 6.07) is 3.73. The zero-order valence-corrected chi connectivity index (χ0v) is 11.4. The lowest BCUT2D eigenvalue weighted by molar-refractivity contribution is -0.144. The second-order valence-corrected chi connectivity index (χ2v) is 4.51. The van der Waals surface area contributed by atoms with E-state index in [-0.39, 0.29) is 11.5 Å².